The summed E-state index contributed by atoms with van der Waals surface area (Å²) in [6.45, 7) is 2.04. The molecule has 18 heavy (non-hydrogen) atoms. The molecule has 0 amide bonds. The van der Waals surface area contributed by atoms with E-state index in [9.17, 15) is 4.79 Å². The van der Waals surface area contributed by atoms with Gasteiger partial charge in [-0.1, -0.05) is 60.7 Å². The molecule has 0 aromatic heterocycles. The molecule has 0 bridgehead atoms. The van der Waals surface area contributed by atoms with Crippen LogP contribution >= 0.6 is 0 Å². The van der Waals surface area contributed by atoms with E-state index in [1.54, 1.807) is 0 Å². The lowest BCUT2D eigenvalue weighted by atomic mass is 9.80. The Morgan fingerprint density at radius 3 is 2.67 bits per heavy atom. The van der Waals surface area contributed by atoms with E-state index in [1.165, 1.54) is 11.1 Å². The molecule has 0 radical (unpaired) electrons. The molecule has 0 saturated heterocycles. The highest BCUT2D eigenvalue weighted by molar-refractivity contribution is 5.95. The van der Waals surface area contributed by atoms with Gasteiger partial charge in [0.2, 0.25) is 0 Å². The van der Waals surface area contributed by atoms with Crippen LogP contribution in [0.3, 0.4) is 0 Å². The van der Waals surface area contributed by atoms with Crippen LogP contribution in [0.25, 0.3) is 0 Å². The lowest BCUT2D eigenvalue weighted by Gasteiger charge is -2.22. The van der Waals surface area contributed by atoms with Crippen LogP contribution in [0.5, 0.6) is 0 Å². The standard InChI is InChI=1S/C17H16O/c1-17-11-7-3-6-10-15(17)14(12-16(17)18)13-8-4-2-5-9-13/h2-11,14H,12H2,1H3/t14-,17+/m0/s1. The molecule has 1 aromatic carbocycles. The molecule has 3 rings (SSSR count). The Bertz CT molecular complexity index is 563. The summed E-state index contributed by atoms with van der Waals surface area (Å²) in [6.07, 6.45) is 10.8. The maximum atomic E-state index is 12.3. The number of benzene rings is 1. The third-order valence-electron chi connectivity index (χ3n) is 4.07. The molecule has 0 N–H and O–H groups in total. The van der Waals surface area contributed by atoms with Gasteiger partial charge in [0.25, 0.3) is 0 Å². The topological polar surface area (TPSA) is 17.1 Å². The lowest BCUT2D eigenvalue weighted by molar-refractivity contribution is -0.122. The Balaban J connectivity index is 2.10. The van der Waals surface area contributed by atoms with Crippen LogP contribution in [0.4, 0.5) is 0 Å². The minimum atomic E-state index is -0.413. The summed E-state index contributed by atoms with van der Waals surface area (Å²) in [4.78, 5) is 12.3. The summed E-state index contributed by atoms with van der Waals surface area (Å²) in [5, 5.41) is 0. The Hall–Kier alpha value is -1.89. The SMILES string of the molecule is C[C@@]12C=CC=CC=C1[C@H](c1ccccc1)CC2=O. The van der Waals surface area contributed by atoms with Crippen LogP contribution in [0, 0.1) is 5.41 Å². The summed E-state index contributed by atoms with van der Waals surface area (Å²) < 4.78 is 0. The fourth-order valence-corrected chi connectivity index (χ4v) is 2.96. The van der Waals surface area contributed by atoms with E-state index in [2.05, 4.69) is 18.2 Å². The van der Waals surface area contributed by atoms with Crippen molar-refractivity contribution in [3.63, 3.8) is 0 Å². The molecule has 1 fully saturated rings. The third kappa shape index (κ3) is 1.59. The van der Waals surface area contributed by atoms with Crippen molar-refractivity contribution >= 4 is 5.78 Å². The van der Waals surface area contributed by atoms with E-state index in [4.69, 9.17) is 0 Å². The van der Waals surface area contributed by atoms with Gasteiger partial charge < -0.3 is 0 Å². The first-order valence-corrected chi connectivity index (χ1v) is 6.36. The zero-order chi connectivity index (χ0) is 12.6. The Morgan fingerprint density at radius 2 is 1.89 bits per heavy atom. The first kappa shape index (κ1) is 11.2. The van der Waals surface area contributed by atoms with E-state index in [1.807, 2.05) is 49.4 Å². The highest BCUT2D eigenvalue weighted by Crippen LogP contribution is 2.50. The van der Waals surface area contributed by atoms with Gasteiger partial charge in [-0.05, 0) is 18.1 Å². The number of ketones is 1. The summed E-state index contributed by atoms with van der Waals surface area (Å²) in [5.74, 6) is 0.554. The molecule has 1 nitrogen and oxygen atoms in total. The fraction of sp³-hybridized carbons (Fsp3) is 0.235. The Labute approximate surface area is 108 Å². The molecular formula is C17H16O. The van der Waals surface area contributed by atoms with E-state index in [0.29, 0.717) is 12.2 Å². The lowest BCUT2D eigenvalue weighted by Crippen LogP contribution is -2.20. The molecule has 1 saturated carbocycles. The van der Waals surface area contributed by atoms with Crippen LogP contribution in [-0.2, 0) is 4.79 Å². The largest absolute Gasteiger partial charge is 0.298 e. The zero-order valence-electron chi connectivity index (χ0n) is 10.5. The number of fused-ring (bicyclic) bond motifs is 1. The number of hydrogen-bond acceptors (Lipinski definition) is 1. The molecule has 2 aliphatic carbocycles. The molecule has 1 heteroatoms. The van der Waals surface area contributed by atoms with Gasteiger partial charge in [-0.3, -0.25) is 4.79 Å². The van der Waals surface area contributed by atoms with Crippen LogP contribution in [0.1, 0.15) is 24.8 Å². The zero-order valence-corrected chi connectivity index (χ0v) is 10.5. The second-order valence-electron chi connectivity index (χ2n) is 5.16. The van der Waals surface area contributed by atoms with Crippen LogP contribution < -0.4 is 0 Å². The summed E-state index contributed by atoms with van der Waals surface area (Å²) >= 11 is 0. The molecular weight excluding hydrogens is 220 g/mol. The van der Waals surface area contributed by atoms with Gasteiger partial charge in [-0.15, -0.1) is 0 Å². The van der Waals surface area contributed by atoms with Crippen molar-refractivity contribution in [1.29, 1.82) is 0 Å². The van der Waals surface area contributed by atoms with Gasteiger partial charge in [0.15, 0.2) is 0 Å². The van der Waals surface area contributed by atoms with Gasteiger partial charge in [-0.25, -0.2) is 0 Å². The number of carbonyl (C=O) groups excluding carboxylic acids is 1. The molecule has 90 valence electrons. The minimum absolute atomic E-state index is 0.232. The molecule has 2 aliphatic rings. The molecule has 0 heterocycles. The highest BCUT2D eigenvalue weighted by Gasteiger charge is 2.45. The number of allylic oxidation sites excluding steroid dienone is 6. The number of carbonyl (C=O) groups is 1. The average Bonchev–Trinajstić information content (AvgIpc) is 2.55. The van der Waals surface area contributed by atoms with E-state index in [-0.39, 0.29) is 5.92 Å². The van der Waals surface area contributed by atoms with Crippen LogP contribution in [0.2, 0.25) is 0 Å². The van der Waals surface area contributed by atoms with Gasteiger partial charge >= 0.3 is 0 Å². The van der Waals surface area contributed by atoms with Gasteiger partial charge in [-0.2, -0.15) is 0 Å². The summed E-state index contributed by atoms with van der Waals surface area (Å²) in [5.41, 5.74) is 2.05. The van der Waals surface area contributed by atoms with Crippen molar-refractivity contribution in [2.45, 2.75) is 19.3 Å². The Kier molecular flexibility index (Phi) is 2.55. The molecule has 1 aromatic rings. The smallest absolute Gasteiger partial charge is 0.147 e. The maximum absolute atomic E-state index is 12.3. The predicted octanol–water partition coefficient (Wildman–Crippen LogP) is 3.80. The maximum Gasteiger partial charge on any atom is 0.147 e. The van der Waals surface area contributed by atoms with Crippen molar-refractivity contribution in [2.24, 2.45) is 5.41 Å². The molecule has 2 atom stereocenters. The van der Waals surface area contributed by atoms with Crippen LogP contribution in [-0.4, -0.2) is 5.78 Å². The van der Waals surface area contributed by atoms with Gasteiger partial charge in [0.05, 0.1) is 5.41 Å². The molecule has 0 unspecified atom stereocenters. The monoisotopic (exact) mass is 236 g/mol. The van der Waals surface area contributed by atoms with Gasteiger partial charge in [0, 0.05) is 12.3 Å². The van der Waals surface area contributed by atoms with E-state index in [0.717, 1.165) is 0 Å². The van der Waals surface area contributed by atoms with Crippen molar-refractivity contribution in [3.8, 4) is 0 Å². The number of hydrogen-bond donors (Lipinski definition) is 0. The second kappa shape index (κ2) is 4.09. The average molecular weight is 236 g/mol. The minimum Gasteiger partial charge on any atom is -0.298 e. The van der Waals surface area contributed by atoms with E-state index < -0.39 is 5.41 Å². The number of rotatable bonds is 1. The number of Topliss-reactive ketones (excluding diaryl/α,β-unsaturated/α-hetero) is 1. The molecule has 0 spiro atoms. The summed E-state index contributed by atoms with van der Waals surface area (Å²) in [7, 11) is 0. The van der Waals surface area contributed by atoms with Crippen molar-refractivity contribution in [1.82, 2.24) is 0 Å². The highest BCUT2D eigenvalue weighted by atomic mass is 16.1. The summed E-state index contributed by atoms with van der Waals surface area (Å²) in [6, 6.07) is 10.3. The van der Waals surface area contributed by atoms with E-state index >= 15 is 0 Å². The quantitative estimate of drug-likeness (QED) is 0.724. The fourth-order valence-electron chi connectivity index (χ4n) is 2.96. The van der Waals surface area contributed by atoms with Crippen molar-refractivity contribution < 1.29 is 4.79 Å². The third-order valence-corrected chi connectivity index (χ3v) is 4.07. The van der Waals surface area contributed by atoms with Crippen LogP contribution in [0.15, 0.2) is 66.3 Å². The first-order valence-electron chi connectivity index (χ1n) is 6.36. The second-order valence-corrected chi connectivity index (χ2v) is 5.16. The Morgan fingerprint density at radius 1 is 1.11 bits per heavy atom. The van der Waals surface area contributed by atoms with Gasteiger partial charge in [0.1, 0.15) is 5.78 Å². The van der Waals surface area contributed by atoms with Crippen molar-refractivity contribution in [3.05, 3.63) is 71.8 Å². The predicted molar refractivity (Wildman–Crippen MR) is 73.3 cm³/mol. The molecule has 0 aliphatic heterocycles. The van der Waals surface area contributed by atoms with Crippen molar-refractivity contribution in [2.75, 3.05) is 0 Å². The normalized spacial score (nSPS) is 29.9. The first-order chi connectivity index (χ1) is 8.72.